The molecule has 0 aliphatic heterocycles. The number of thiophene rings is 1. The Kier molecular flexibility index (Phi) is 6.55. The first-order chi connectivity index (χ1) is 16.4. The number of aromatic hydroxyl groups is 1. The summed E-state index contributed by atoms with van der Waals surface area (Å²) in [7, 11) is 0. The topological polar surface area (TPSA) is 151 Å². The fourth-order valence-electron chi connectivity index (χ4n) is 2.89. The molecule has 0 unspecified atom stereocenters. The number of carbonyl (C=O) groups is 2. The van der Waals surface area contributed by atoms with Crippen LogP contribution >= 0.6 is 11.3 Å². The molecule has 0 saturated heterocycles. The number of hydrogen-bond donors (Lipinski definition) is 4. The van der Waals surface area contributed by atoms with Gasteiger partial charge in [0.1, 0.15) is 18.1 Å². The second-order valence-electron chi connectivity index (χ2n) is 6.84. The van der Waals surface area contributed by atoms with Gasteiger partial charge in [-0.15, -0.1) is 11.3 Å². The molecule has 34 heavy (non-hydrogen) atoms. The number of aromatic nitrogens is 2. The highest BCUT2D eigenvalue weighted by Gasteiger charge is 2.20. The number of anilines is 1. The largest absolute Gasteiger partial charge is 0.501 e. The lowest BCUT2D eigenvalue weighted by molar-refractivity contribution is 0.0686. The Balaban J connectivity index is 1.39. The van der Waals surface area contributed by atoms with Crippen LogP contribution in [0, 0.1) is 0 Å². The van der Waals surface area contributed by atoms with Crippen molar-refractivity contribution in [2.24, 2.45) is 0 Å². The average molecular weight is 479 g/mol. The first kappa shape index (κ1) is 22.6. The molecule has 0 aliphatic rings. The number of para-hydroxylation sites is 1. The third-order valence-electron chi connectivity index (χ3n) is 4.49. The normalized spacial score (nSPS) is 10.5. The molecule has 2 aromatic heterocycles. The minimum Gasteiger partial charge on any atom is -0.501 e. The van der Waals surface area contributed by atoms with Crippen molar-refractivity contribution in [3.63, 3.8) is 0 Å². The summed E-state index contributed by atoms with van der Waals surface area (Å²) in [6.07, 6.45) is -0.760. The molecule has 0 atom stereocenters. The van der Waals surface area contributed by atoms with Gasteiger partial charge in [0.25, 0.3) is 5.56 Å². The maximum Gasteiger partial charge on any atom is 0.412 e. The summed E-state index contributed by atoms with van der Waals surface area (Å²) in [5.41, 5.74) is -0.812. The van der Waals surface area contributed by atoms with Gasteiger partial charge in [0.05, 0.1) is 10.6 Å². The number of H-pyrrole nitrogens is 1. The van der Waals surface area contributed by atoms with Crippen LogP contribution in [0.3, 0.4) is 0 Å². The molecule has 0 radical (unpaired) electrons. The predicted octanol–water partition coefficient (Wildman–Crippen LogP) is 4.44. The molecule has 4 N–H and O–H groups in total. The van der Waals surface area contributed by atoms with E-state index in [0.29, 0.717) is 16.4 Å². The molecule has 0 spiro atoms. The first-order valence-corrected chi connectivity index (χ1v) is 10.7. The van der Waals surface area contributed by atoms with Crippen molar-refractivity contribution in [1.82, 2.24) is 9.97 Å². The first-order valence-electron chi connectivity index (χ1n) is 9.81. The van der Waals surface area contributed by atoms with Gasteiger partial charge in [-0.25, -0.2) is 14.6 Å². The zero-order chi connectivity index (χ0) is 24.1. The Morgan fingerprint density at radius 1 is 1.03 bits per heavy atom. The Hall–Kier alpha value is -4.64. The molecule has 0 fully saturated rings. The number of aromatic amines is 1. The van der Waals surface area contributed by atoms with E-state index >= 15 is 0 Å². The fraction of sp³-hybridized carbons (Fsp3) is 0.0435. The van der Waals surface area contributed by atoms with E-state index in [1.54, 1.807) is 35.7 Å². The second-order valence-corrected chi connectivity index (χ2v) is 7.76. The van der Waals surface area contributed by atoms with Gasteiger partial charge in [-0.1, -0.05) is 30.3 Å². The molecule has 0 bridgehead atoms. The van der Waals surface area contributed by atoms with Crippen LogP contribution in [-0.4, -0.2) is 32.2 Å². The number of carboxylic acid groups (broad SMARTS) is 1. The van der Waals surface area contributed by atoms with E-state index in [4.69, 9.17) is 14.6 Å². The van der Waals surface area contributed by atoms with Crippen LogP contribution in [-0.2, 0) is 11.3 Å². The van der Waals surface area contributed by atoms with Gasteiger partial charge >= 0.3 is 12.1 Å². The molecular formula is C23H17N3O7S. The van der Waals surface area contributed by atoms with E-state index in [9.17, 15) is 19.5 Å². The number of nitrogens with one attached hydrogen (secondary N) is 2. The SMILES string of the molecule is O=C(Nc1ccsc1-c1nc(C(=O)O)c(O)c(=O)[nH]1)OCc1ccc(Oc2ccccc2)cc1. The minimum absolute atomic E-state index is 0.00558. The highest BCUT2D eigenvalue weighted by atomic mass is 32.1. The van der Waals surface area contributed by atoms with Crippen molar-refractivity contribution >= 4 is 29.1 Å². The van der Waals surface area contributed by atoms with Crippen LogP contribution < -0.4 is 15.6 Å². The zero-order valence-corrected chi connectivity index (χ0v) is 18.2. The number of benzene rings is 2. The summed E-state index contributed by atoms with van der Waals surface area (Å²) >= 11 is 1.10. The number of ether oxygens (including phenoxy) is 2. The average Bonchev–Trinajstić information content (AvgIpc) is 3.29. The van der Waals surface area contributed by atoms with E-state index in [1.807, 2.05) is 30.3 Å². The van der Waals surface area contributed by atoms with Crippen molar-refractivity contribution in [1.29, 1.82) is 0 Å². The Labute approximate surface area is 196 Å². The molecule has 4 rings (SSSR count). The van der Waals surface area contributed by atoms with Crippen LogP contribution in [0.25, 0.3) is 10.7 Å². The van der Waals surface area contributed by atoms with E-state index in [-0.39, 0.29) is 18.1 Å². The lowest BCUT2D eigenvalue weighted by atomic mass is 10.2. The van der Waals surface area contributed by atoms with Crippen LogP contribution in [0.2, 0.25) is 0 Å². The summed E-state index contributed by atoms with van der Waals surface area (Å²) in [6, 6.07) is 17.9. The number of carbonyl (C=O) groups excluding carboxylic acids is 1. The molecule has 2 aromatic carbocycles. The fourth-order valence-corrected chi connectivity index (χ4v) is 3.68. The highest BCUT2D eigenvalue weighted by molar-refractivity contribution is 7.14. The second kappa shape index (κ2) is 9.88. The van der Waals surface area contributed by atoms with Crippen molar-refractivity contribution in [2.45, 2.75) is 6.61 Å². The maximum absolute atomic E-state index is 12.3. The molecule has 11 heteroatoms. The van der Waals surface area contributed by atoms with Crippen LogP contribution in [0.15, 0.2) is 70.8 Å². The van der Waals surface area contributed by atoms with Crippen molar-refractivity contribution < 1.29 is 29.3 Å². The number of nitrogens with zero attached hydrogens (tertiary/aromatic N) is 1. The summed E-state index contributed by atoms with van der Waals surface area (Å²) in [4.78, 5) is 41.7. The standard InChI is InChI=1S/C23H17N3O7S/c27-18-17(22(29)30)25-20(26-21(18)28)19-16(10-11-34-19)24-23(31)32-12-13-6-8-15(9-7-13)33-14-4-2-1-3-5-14/h1-11,27H,12H2,(H,24,31)(H,29,30)(H,25,26,28). The molecule has 10 nitrogen and oxygen atoms in total. The number of aromatic carboxylic acids is 1. The van der Waals surface area contributed by atoms with Gasteiger partial charge < -0.3 is 24.7 Å². The summed E-state index contributed by atoms with van der Waals surface area (Å²) in [5, 5.41) is 22.9. The summed E-state index contributed by atoms with van der Waals surface area (Å²) < 4.78 is 11.0. The van der Waals surface area contributed by atoms with Gasteiger partial charge in [0, 0.05) is 0 Å². The number of carboxylic acids is 1. The molecule has 0 saturated carbocycles. The smallest absolute Gasteiger partial charge is 0.412 e. The van der Waals surface area contributed by atoms with Gasteiger partial charge in [0.2, 0.25) is 5.75 Å². The number of hydrogen-bond acceptors (Lipinski definition) is 8. The Bertz CT molecular complexity index is 1380. The minimum atomic E-state index is -1.56. The van der Waals surface area contributed by atoms with Crippen LogP contribution in [0.5, 0.6) is 17.2 Å². The highest BCUT2D eigenvalue weighted by Crippen LogP contribution is 2.32. The van der Waals surface area contributed by atoms with Crippen LogP contribution in [0.4, 0.5) is 10.5 Å². The molecule has 2 heterocycles. The summed E-state index contributed by atoms with van der Waals surface area (Å²) in [5.74, 6) is -1.33. The molecule has 1 amide bonds. The molecule has 172 valence electrons. The van der Waals surface area contributed by atoms with Crippen LogP contribution in [0.1, 0.15) is 16.1 Å². The van der Waals surface area contributed by atoms with Gasteiger partial charge in [-0.05, 0) is 41.3 Å². The van der Waals surface area contributed by atoms with E-state index < -0.39 is 29.1 Å². The number of rotatable bonds is 7. The monoisotopic (exact) mass is 479 g/mol. The van der Waals surface area contributed by atoms with E-state index in [1.165, 1.54) is 0 Å². The third-order valence-corrected chi connectivity index (χ3v) is 5.41. The predicted molar refractivity (Wildman–Crippen MR) is 124 cm³/mol. The Morgan fingerprint density at radius 3 is 2.44 bits per heavy atom. The van der Waals surface area contributed by atoms with Gasteiger partial charge in [0.15, 0.2) is 11.5 Å². The van der Waals surface area contributed by atoms with Gasteiger partial charge in [-0.2, -0.15) is 0 Å². The molecule has 4 aromatic rings. The maximum atomic E-state index is 12.3. The number of amides is 1. The van der Waals surface area contributed by atoms with E-state index in [2.05, 4.69) is 15.3 Å². The summed E-state index contributed by atoms with van der Waals surface area (Å²) in [6.45, 7) is -0.00558. The van der Waals surface area contributed by atoms with Crippen molar-refractivity contribution in [2.75, 3.05) is 5.32 Å². The van der Waals surface area contributed by atoms with Crippen molar-refractivity contribution in [3.05, 3.63) is 87.7 Å². The molecular weight excluding hydrogens is 462 g/mol. The Morgan fingerprint density at radius 2 is 1.74 bits per heavy atom. The lowest BCUT2D eigenvalue weighted by Gasteiger charge is -2.09. The van der Waals surface area contributed by atoms with Crippen molar-refractivity contribution in [3.8, 4) is 28.0 Å². The lowest BCUT2D eigenvalue weighted by Crippen LogP contribution is -2.16. The molecule has 0 aliphatic carbocycles. The third kappa shape index (κ3) is 5.22. The quantitative estimate of drug-likeness (QED) is 0.304. The zero-order valence-electron chi connectivity index (χ0n) is 17.3. The van der Waals surface area contributed by atoms with E-state index in [0.717, 1.165) is 16.9 Å². The van der Waals surface area contributed by atoms with Gasteiger partial charge in [-0.3, -0.25) is 10.1 Å².